The van der Waals surface area contributed by atoms with Crippen molar-refractivity contribution >= 4 is 17.5 Å². The average molecular weight is 269 g/mol. The summed E-state index contributed by atoms with van der Waals surface area (Å²) in [7, 11) is 0. The third-order valence-electron chi connectivity index (χ3n) is 3.21. The summed E-state index contributed by atoms with van der Waals surface area (Å²) in [4.78, 5) is 11.8. The van der Waals surface area contributed by atoms with Crippen molar-refractivity contribution in [3.8, 4) is 5.75 Å². The normalized spacial score (nSPS) is 18.8. The summed E-state index contributed by atoms with van der Waals surface area (Å²) < 4.78 is 0. The lowest BCUT2D eigenvalue weighted by Crippen LogP contribution is -2.26. The van der Waals surface area contributed by atoms with Crippen molar-refractivity contribution in [1.29, 1.82) is 0 Å². The van der Waals surface area contributed by atoms with Crippen molar-refractivity contribution in [1.82, 2.24) is 10.6 Å². The zero-order chi connectivity index (χ0) is 13.0. The second-order valence-electron chi connectivity index (χ2n) is 4.57. The second kappa shape index (κ2) is 6.07. The van der Waals surface area contributed by atoms with Crippen molar-refractivity contribution in [2.75, 3.05) is 19.6 Å². The van der Waals surface area contributed by atoms with E-state index < -0.39 is 0 Å². The Morgan fingerprint density at radius 2 is 2.39 bits per heavy atom. The lowest BCUT2D eigenvalue weighted by Gasteiger charge is -2.09. The highest BCUT2D eigenvalue weighted by atomic mass is 35.5. The number of phenols is 1. The molecular formula is C13H17ClN2O2. The molecule has 1 amide bonds. The van der Waals surface area contributed by atoms with Gasteiger partial charge in [0.15, 0.2) is 0 Å². The zero-order valence-electron chi connectivity index (χ0n) is 10.1. The lowest BCUT2D eigenvalue weighted by molar-refractivity contribution is 0.0951. The van der Waals surface area contributed by atoms with E-state index in [9.17, 15) is 9.90 Å². The predicted molar refractivity (Wildman–Crippen MR) is 71.0 cm³/mol. The van der Waals surface area contributed by atoms with Gasteiger partial charge in [0.1, 0.15) is 5.75 Å². The molecule has 1 aliphatic heterocycles. The molecule has 4 nitrogen and oxygen atoms in total. The number of carbonyl (C=O) groups is 1. The molecule has 5 heteroatoms. The van der Waals surface area contributed by atoms with Crippen LogP contribution in [0.2, 0.25) is 5.02 Å². The number of halogens is 1. The van der Waals surface area contributed by atoms with Crippen molar-refractivity contribution in [3.63, 3.8) is 0 Å². The molecule has 3 N–H and O–H groups in total. The highest BCUT2D eigenvalue weighted by Crippen LogP contribution is 2.23. The first-order valence-corrected chi connectivity index (χ1v) is 6.52. The molecule has 1 atom stereocenters. The van der Waals surface area contributed by atoms with Gasteiger partial charge in [0, 0.05) is 12.1 Å². The fourth-order valence-corrected chi connectivity index (χ4v) is 2.28. The minimum Gasteiger partial charge on any atom is -0.506 e. The van der Waals surface area contributed by atoms with Gasteiger partial charge in [0.05, 0.1) is 5.02 Å². The SMILES string of the molecule is O=C(NCCC1CCNC1)c1ccc(O)c(Cl)c1. The molecule has 1 fully saturated rings. The van der Waals surface area contributed by atoms with Gasteiger partial charge >= 0.3 is 0 Å². The summed E-state index contributed by atoms with van der Waals surface area (Å²) in [6.07, 6.45) is 2.17. The van der Waals surface area contributed by atoms with Gasteiger partial charge in [-0.3, -0.25) is 4.79 Å². The topological polar surface area (TPSA) is 61.4 Å². The van der Waals surface area contributed by atoms with E-state index in [1.165, 1.54) is 18.6 Å². The summed E-state index contributed by atoms with van der Waals surface area (Å²) in [6.45, 7) is 2.79. The van der Waals surface area contributed by atoms with Crippen molar-refractivity contribution in [2.24, 2.45) is 5.92 Å². The number of benzene rings is 1. The number of hydrogen-bond acceptors (Lipinski definition) is 3. The van der Waals surface area contributed by atoms with Gasteiger partial charge in [-0.1, -0.05) is 11.6 Å². The van der Waals surface area contributed by atoms with Crippen molar-refractivity contribution in [3.05, 3.63) is 28.8 Å². The summed E-state index contributed by atoms with van der Waals surface area (Å²) in [6, 6.07) is 4.47. The Balaban J connectivity index is 1.81. The number of aromatic hydroxyl groups is 1. The van der Waals surface area contributed by atoms with Crippen LogP contribution in [0.4, 0.5) is 0 Å². The Morgan fingerprint density at radius 1 is 1.56 bits per heavy atom. The number of carbonyl (C=O) groups excluding carboxylic acids is 1. The molecule has 0 spiro atoms. The molecule has 0 saturated carbocycles. The molecule has 0 aliphatic carbocycles. The quantitative estimate of drug-likeness (QED) is 0.780. The number of phenolic OH excluding ortho intramolecular Hbond substituents is 1. The van der Waals surface area contributed by atoms with Crippen LogP contribution in [0, 0.1) is 5.92 Å². The molecule has 18 heavy (non-hydrogen) atoms. The van der Waals surface area contributed by atoms with Gasteiger partial charge in [0.2, 0.25) is 0 Å². The van der Waals surface area contributed by atoms with Crippen LogP contribution in [0.15, 0.2) is 18.2 Å². The molecule has 2 rings (SSSR count). The fourth-order valence-electron chi connectivity index (χ4n) is 2.10. The molecule has 0 aromatic heterocycles. The van der Waals surface area contributed by atoms with Gasteiger partial charge in [-0.25, -0.2) is 0 Å². The van der Waals surface area contributed by atoms with E-state index in [4.69, 9.17) is 11.6 Å². The first-order valence-electron chi connectivity index (χ1n) is 6.14. The highest BCUT2D eigenvalue weighted by molar-refractivity contribution is 6.32. The Kier molecular flexibility index (Phi) is 4.44. The smallest absolute Gasteiger partial charge is 0.251 e. The number of nitrogens with one attached hydrogen (secondary N) is 2. The number of amides is 1. The van der Waals surface area contributed by atoms with Gasteiger partial charge < -0.3 is 15.7 Å². The molecule has 0 radical (unpaired) electrons. The van der Waals surface area contributed by atoms with E-state index in [1.807, 2.05) is 0 Å². The van der Waals surface area contributed by atoms with Crippen LogP contribution in [0.3, 0.4) is 0 Å². The van der Waals surface area contributed by atoms with Gasteiger partial charge in [0.25, 0.3) is 5.91 Å². The van der Waals surface area contributed by atoms with Gasteiger partial charge in [-0.15, -0.1) is 0 Å². The zero-order valence-corrected chi connectivity index (χ0v) is 10.8. The first-order chi connectivity index (χ1) is 8.66. The summed E-state index contributed by atoms with van der Waals surface area (Å²) in [5, 5.41) is 15.6. The number of rotatable bonds is 4. The van der Waals surface area contributed by atoms with E-state index in [1.54, 1.807) is 6.07 Å². The summed E-state index contributed by atoms with van der Waals surface area (Å²) in [5.41, 5.74) is 0.474. The molecule has 1 aliphatic rings. The Labute approximate surface area is 111 Å². The Bertz CT molecular complexity index is 431. The van der Waals surface area contributed by atoms with Crippen molar-refractivity contribution < 1.29 is 9.90 Å². The maximum atomic E-state index is 11.8. The number of hydrogen-bond donors (Lipinski definition) is 3. The predicted octanol–water partition coefficient (Wildman–Crippen LogP) is 1.77. The molecule has 1 aromatic rings. The summed E-state index contributed by atoms with van der Waals surface area (Å²) >= 11 is 5.76. The van der Waals surface area contributed by atoms with Crippen LogP contribution in [-0.2, 0) is 0 Å². The van der Waals surface area contributed by atoms with E-state index in [2.05, 4.69) is 10.6 Å². The van der Waals surface area contributed by atoms with Crippen LogP contribution < -0.4 is 10.6 Å². The minimum atomic E-state index is -0.150. The molecule has 0 bridgehead atoms. The van der Waals surface area contributed by atoms with Crippen molar-refractivity contribution in [2.45, 2.75) is 12.8 Å². The lowest BCUT2D eigenvalue weighted by atomic mass is 10.1. The van der Waals surface area contributed by atoms with Crippen LogP contribution in [0.1, 0.15) is 23.2 Å². The monoisotopic (exact) mass is 268 g/mol. The molecule has 1 saturated heterocycles. The highest BCUT2D eigenvalue weighted by Gasteiger charge is 2.14. The molecule has 98 valence electrons. The second-order valence-corrected chi connectivity index (χ2v) is 4.98. The van der Waals surface area contributed by atoms with E-state index in [0.717, 1.165) is 19.5 Å². The third kappa shape index (κ3) is 3.37. The standard InChI is InChI=1S/C13H17ClN2O2/c14-11-7-10(1-2-12(11)17)13(18)16-6-4-9-3-5-15-8-9/h1-2,7,9,15,17H,3-6,8H2,(H,16,18). The molecule has 1 unspecified atom stereocenters. The van der Waals surface area contributed by atoms with Crippen LogP contribution in [-0.4, -0.2) is 30.6 Å². The maximum Gasteiger partial charge on any atom is 0.251 e. The van der Waals surface area contributed by atoms with E-state index in [-0.39, 0.29) is 16.7 Å². The summed E-state index contributed by atoms with van der Waals surface area (Å²) in [5.74, 6) is 0.502. The van der Waals surface area contributed by atoms with E-state index >= 15 is 0 Å². The molecular weight excluding hydrogens is 252 g/mol. The first kappa shape index (κ1) is 13.2. The van der Waals surface area contributed by atoms with Crippen LogP contribution in [0.25, 0.3) is 0 Å². The van der Waals surface area contributed by atoms with Gasteiger partial charge in [-0.2, -0.15) is 0 Å². The van der Waals surface area contributed by atoms with Crippen LogP contribution >= 0.6 is 11.6 Å². The maximum absolute atomic E-state index is 11.8. The molecule has 1 heterocycles. The van der Waals surface area contributed by atoms with Gasteiger partial charge in [-0.05, 0) is 50.0 Å². The largest absolute Gasteiger partial charge is 0.506 e. The van der Waals surface area contributed by atoms with Crippen LogP contribution in [0.5, 0.6) is 5.75 Å². The Morgan fingerprint density at radius 3 is 3.06 bits per heavy atom. The average Bonchev–Trinajstić information content (AvgIpc) is 2.85. The third-order valence-corrected chi connectivity index (χ3v) is 3.51. The Hall–Kier alpha value is -1.26. The minimum absolute atomic E-state index is 0.00903. The molecule has 1 aromatic carbocycles. The van der Waals surface area contributed by atoms with E-state index in [0.29, 0.717) is 18.0 Å². The fraction of sp³-hybridized carbons (Fsp3) is 0.462.